The first kappa shape index (κ1) is 23.5. The predicted octanol–water partition coefficient (Wildman–Crippen LogP) is -1.84. The third kappa shape index (κ3) is 202. The van der Waals surface area contributed by atoms with E-state index in [1.165, 1.54) is 6.92 Å². The fraction of sp³-hybridized carbons (Fsp3) is 0.375. The van der Waals surface area contributed by atoms with Gasteiger partial charge in [0.1, 0.15) is 0 Å². The standard InChI is InChI=1S/C4H6O2.2C2H4O2.Cu/c1-3(2)4(5)6;2*1-2(3)4;/h1H2,2H3,(H,5,6);2*1H3,(H,3,4);/q;;;+2/p-2. The molecule has 0 aliphatic rings. The van der Waals surface area contributed by atoms with Gasteiger partial charge in [-0.1, -0.05) is 6.58 Å². The Morgan fingerprint density at radius 3 is 1.07 bits per heavy atom. The van der Waals surface area contributed by atoms with Crippen molar-refractivity contribution in [1.29, 1.82) is 0 Å². The third-order valence-electron chi connectivity index (χ3n) is 0.365. The zero-order valence-corrected chi connectivity index (χ0v) is 9.44. The van der Waals surface area contributed by atoms with Crippen LogP contribution in [0.15, 0.2) is 12.2 Å². The summed E-state index contributed by atoms with van der Waals surface area (Å²) in [5.41, 5.74) is 0.176. The molecule has 0 rings (SSSR count). The summed E-state index contributed by atoms with van der Waals surface area (Å²) in [5.74, 6) is -3.10. The molecule has 0 aliphatic heterocycles. The van der Waals surface area contributed by atoms with Gasteiger partial charge < -0.3 is 24.9 Å². The zero-order chi connectivity index (χ0) is 12.3. The summed E-state index contributed by atoms with van der Waals surface area (Å²) in [5, 5.41) is 25.7. The molecular weight excluding hydrogens is 256 g/mol. The molecule has 0 amide bonds. The van der Waals surface area contributed by atoms with Crippen LogP contribution in [0.1, 0.15) is 20.8 Å². The minimum absolute atomic E-state index is 0. The summed E-state index contributed by atoms with van der Waals surface area (Å²) in [7, 11) is 0. The van der Waals surface area contributed by atoms with Crippen molar-refractivity contribution in [3.8, 4) is 0 Å². The Hall–Kier alpha value is -1.33. The van der Waals surface area contributed by atoms with E-state index in [2.05, 4.69) is 6.58 Å². The molecule has 0 aromatic heterocycles. The van der Waals surface area contributed by atoms with E-state index in [1.54, 1.807) is 0 Å². The van der Waals surface area contributed by atoms with Crippen molar-refractivity contribution >= 4 is 17.9 Å². The molecule has 1 radical (unpaired) electrons. The van der Waals surface area contributed by atoms with Crippen LogP contribution in [0.2, 0.25) is 0 Å². The average molecular weight is 268 g/mol. The number of carbonyl (C=O) groups excluding carboxylic acids is 2. The molecule has 91 valence electrons. The van der Waals surface area contributed by atoms with Gasteiger partial charge in [0.25, 0.3) is 0 Å². The average Bonchev–Trinajstić information content (AvgIpc) is 1.83. The molecule has 0 bridgehead atoms. The second-order valence-corrected chi connectivity index (χ2v) is 2.07. The van der Waals surface area contributed by atoms with Crippen LogP contribution in [-0.4, -0.2) is 23.0 Å². The normalized spacial score (nSPS) is 6.33. The number of hydrogen-bond donors (Lipinski definition) is 1. The summed E-state index contributed by atoms with van der Waals surface area (Å²) in [6.07, 6.45) is 0. The van der Waals surface area contributed by atoms with Crippen LogP contribution < -0.4 is 10.2 Å². The first-order valence-corrected chi connectivity index (χ1v) is 3.35. The molecule has 0 atom stereocenters. The van der Waals surface area contributed by atoms with Gasteiger partial charge in [-0.15, -0.1) is 0 Å². The SMILES string of the molecule is C=C(C)C(=O)O.CC(=O)[O-].CC(=O)[O-].[Cu+2]. The summed E-state index contributed by atoms with van der Waals surface area (Å²) < 4.78 is 0. The minimum atomic E-state index is -1.08. The van der Waals surface area contributed by atoms with Crippen LogP contribution >= 0.6 is 0 Å². The van der Waals surface area contributed by atoms with E-state index in [4.69, 9.17) is 24.9 Å². The molecule has 0 fully saturated rings. The monoisotopic (exact) mass is 267 g/mol. The summed E-state index contributed by atoms with van der Waals surface area (Å²) in [4.78, 5) is 27.4. The Morgan fingerprint density at radius 2 is 1.07 bits per heavy atom. The van der Waals surface area contributed by atoms with Crippen LogP contribution in [0.25, 0.3) is 0 Å². The van der Waals surface area contributed by atoms with Crippen LogP contribution in [-0.2, 0) is 31.5 Å². The molecule has 7 heteroatoms. The van der Waals surface area contributed by atoms with Gasteiger partial charge in [0.2, 0.25) is 0 Å². The van der Waals surface area contributed by atoms with Crippen LogP contribution in [0.4, 0.5) is 0 Å². The molecule has 0 aromatic carbocycles. The van der Waals surface area contributed by atoms with E-state index in [0.717, 1.165) is 13.8 Å². The number of carbonyl (C=O) groups is 3. The molecule has 6 nitrogen and oxygen atoms in total. The van der Waals surface area contributed by atoms with Gasteiger partial charge in [0.05, 0.1) is 0 Å². The number of hydrogen-bond acceptors (Lipinski definition) is 5. The maximum absolute atomic E-state index is 9.60. The summed E-state index contributed by atoms with van der Waals surface area (Å²) >= 11 is 0. The van der Waals surface area contributed by atoms with Crippen molar-refractivity contribution in [1.82, 2.24) is 0 Å². The van der Waals surface area contributed by atoms with Gasteiger partial charge in [-0.2, -0.15) is 0 Å². The quantitative estimate of drug-likeness (QED) is 0.440. The predicted molar refractivity (Wildman–Crippen MR) is 43.8 cm³/mol. The number of aliphatic carboxylic acids is 3. The second kappa shape index (κ2) is 15.2. The van der Waals surface area contributed by atoms with Crippen LogP contribution in [0.5, 0.6) is 0 Å². The fourth-order valence-electron chi connectivity index (χ4n) is 0. The number of carboxylic acids is 3. The molecule has 0 heterocycles. The van der Waals surface area contributed by atoms with Crippen molar-refractivity contribution in [2.45, 2.75) is 20.8 Å². The van der Waals surface area contributed by atoms with E-state index >= 15 is 0 Å². The van der Waals surface area contributed by atoms with E-state index in [9.17, 15) is 4.79 Å². The molecule has 0 aromatic rings. The smallest absolute Gasteiger partial charge is 0.550 e. The Bertz CT molecular complexity index is 191. The number of rotatable bonds is 1. The first-order valence-electron chi connectivity index (χ1n) is 3.35. The molecule has 0 saturated heterocycles. The van der Waals surface area contributed by atoms with Gasteiger partial charge >= 0.3 is 23.0 Å². The molecule has 15 heavy (non-hydrogen) atoms. The number of carboxylic acid groups (broad SMARTS) is 3. The van der Waals surface area contributed by atoms with Crippen molar-refractivity contribution < 1.29 is 46.8 Å². The molecule has 0 saturated carbocycles. The zero-order valence-electron chi connectivity index (χ0n) is 8.50. The Balaban J connectivity index is -0.0000000606. The van der Waals surface area contributed by atoms with Crippen molar-refractivity contribution in [3.05, 3.63) is 12.2 Å². The van der Waals surface area contributed by atoms with Crippen molar-refractivity contribution in [2.24, 2.45) is 0 Å². The molecule has 0 aliphatic carbocycles. The maximum atomic E-state index is 9.60. The molecular formula is C8H12CuO6. The Labute approximate surface area is 98.1 Å². The van der Waals surface area contributed by atoms with E-state index in [-0.39, 0.29) is 22.6 Å². The first-order chi connectivity index (χ1) is 6.11. The fourth-order valence-corrected chi connectivity index (χ4v) is 0. The Morgan fingerprint density at radius 1 is 1.00 bits per heavy atom. The van der Waals surface area contributed by atoms with E-state index in [0.29, 0.717) is 0 Å². The van der Waals surface area contributed by atoms with Gasteiger partial charge in [0, 0.05) is 17.5 Å². The minimum Gasteiger partial charge on any atom is -0.550 e. The molecule has 1 N–H and O–H groups in total. The largest absolute Gasteiger partial charge is 2.00 e. The summed E-state index contributed by atoms with van der Waals surface area (Å²) in [6.45, 7) is 6.55. The van der Waals surface area contributed by atoms with Crippen LogP contribution in [0, 0.1) is 0 Å². The maximum Gasteiger partial charge on any atom is 2.00 e. The van der Waals surface area contributed by atoms with E-state index in [1.807, 2.05) is 0 Å². The summed E-state index contributed by atoms with van der Waals surface area (Å²) in [6, 6.07) is 0. The van der Waals surface area contributed by atoms with Crippen LogP contribution in [0.3, 0.4) is 0 Å². The van der Waals surface area contributed by atoms with Gasteiger partial charge in [0.15, 0.2) is 0 Å². The second-order valence-electron chi connectivity index (χ2n) is 2.07. The topological polar surface area (TPSA) is 118 Å². The Kier molecular flexibility index (Phi) is 23.7. The van der Waals surface area contributed by atoms with Crippen molar-refractivity contribution in [2.75, 3.05) is 0 Å². The third-order valence-corrected chi connectivity index (χ3v) is 0.365. The molecule has 0 unspecified atom stereocenters. The van der Waals surface area contributed by atoms with Gasteiger partial charge in [-0.05, 0) is 20.8 Å². The van der Waals surface area contributed by atoms with Gasteiger partial charge in [-0.25, -0.2) is 4.79 Å². The van der Waals surface area contributed by atoms with Crippen molar-refractivity contribution in [3.63, 3.8) is 0 Å². The van der Waals surface area contributed by atoms with E-state index < -0.39 is 17.9 Å². The molecule has 0 spiro atoms. The van der Waals surface area contributed by atoms with Gasteiger partial charge in [-0.3, -0.25) is 0 Å².